The van der Waals surface area contributed by atoms with Gasteiger partial charge in [-0.1, -0.05) is 19.3 Å². The third kappa shape index (κ3) is 2.33. The Morgan fingerprint density at radius 1 is 1.27 bits per heavy atom. The summed E-state index contributed by atoms with van der Waals surface area (Å²) in [5.74, 6) is 1.27. The van der Waals surface area contributed by atoms with Gasteiger partial charge in [-0.2, -0.15) is 5.26 Å². The van der Waals surface area contributed by atoms with Crippen molar-refractivity contribution in [3.8, 4) is 6.07 Å². The molecular formula is C12H15N3. The van der Waals surface area contributed by atoms with Crippen molar-refractivity contribution >= 4 is 0 Å². The molecule has 0 aliphatic heterocycles. The van der Waals surface area contributed by atoms with E-state index in [-0.39, 0.29) is 0 Å². The van der Waals surface area contributed by atoms with Gasteiger partial charge in [0.2, 0.25) is 0 Å². The summed E-state index contributed by atoms with van der Waals surface area (Å²) in [5, 5.41) is 8.84. The second kappa shape index (κ2) is 4.39. The van der Waals surface area contributed by atoms with Crippen molar-refractivity contribution in [3.05, 3.63) is 23.3 Å². The summed E-state index contributed by atoms with van der Waals surface area (Å²) < 4.78 is 0. The minimum absolute atomic E-state index is 0.503. The summed E-state index contributed by atoms with van der Waals surface area (Å²) in [6.07, 6.45) is 6.33. The van der Waals surface area contributed by atoms with E-state index in [9.17, 15) is 0 Å². The number of rotatable bonds is 1. The Balaban J connectivity index is 2.27. The van der Waals surface area contributed by atoms with E-state index in [2.05, 4.69) is 16.0 Å². The van der Waals surface area contributed by atoms with Gasteiger partial charge in [0, 0.05) is 11.6 Å². The molecule has 78 valence electrons. The Kier molecular flexibility index (Phi) is 2.96. The molecule has 3 heteroatoms. The summed E-state index contributed by atoms with van der Waals surface area (Å²) >= 11 is 0. The SMILES string of the molecule is Cc1nc(C#N)cc(C2CCCCC2)n1. The maximum absolute atomic E-state index is 8.84. The molecule has 15 heavy (non-hydrogen) atoms. The highest BCUT2D eigenvalue weighted by atomic mass is 14.9. The molecule has 1 heterocycles. The van der Waals surface area contributed by atoms with Crippen LogP contribution in [0.3, 0.4) is 0 Å². The highest BCUT2D eigenvalue weighted by Crippen LogP contribution is 2.31. The van der Waals surface area contributed by atoms with E-state index < -0.39 is 0 Å². The average Bonchev–Trinajstić information content (AvgIpc) is 2.29. The van der Waals surface area contributed by atoms with Crippen molar-refractivity contribution in [1.82, 2.24) is 9.97 Å². The van der Waals surface area contributed by atoms with Crippen LogP contribution in [-0.2, 0) is 0 Å². The molecule has 3 nitrogen and oxygen atoms in total. The molecule has 0 spiro atoms. The third-order valence-corrected chi connectivity index (χ3v) is 3.00. The van der Waals surface area contributed by atoms with Crippen molar-refractivity contribution in [2.75, 3.05) is 0 Å². The molecule has 0 radical (unpaired) electrons. The normalized spacial score (nSPS) is 17.3. The van der Waals surface area contributed by atoms with Crippen LogP contribution >= 0.6 is 0 Å². The first-order chi connectivity index (χ1) is 7.29. The fourth-order valence-corrected chi connectivity index (χ4v) is 2.26. The Labute approximate surface area is 90.2 Å². The molecule has 2 rings (SSSR count). The molecule has 1 aromatic heterocycles. The summed E-state index contributed by atoms with van der Waals surface area (Å²) in [4.78, 5) is 8.52. The summed E-state index contributed by atoms with van der Waals surface area (Å²) in [6.45, 7) is 1.85. The Morgan fingerprint density at radius 2 is 2.00 bits per heavy atom. The first-order valence-electron chi connectivity index (χ1n) is 5.55. The van der Waals surface area contributed by atoms with Crippen LogP contribution in [0, 0.1) is 18.3 Å². The zero-order valence-electron chi connectivity index (χ0n) is 9.03. The van der Waals surface area contributed by atoms with Crippen molar-refractivity contribution in [2.45, 2.75) is 44.9 Å². The average molecular weight is 201 g/mol. The lowest BCUT2D eigenvalue weighted by atomic mass is 9.86. The Morgan fingerprint density at radius 3 is 2.67 bits per heavy atom. The predicted molar refractivity (Wildman–Crippen MR) is 57.3 cm³/mol. The van der Waals surface area contributed by atoms with Crippen molar-refractivity contribution in [1.29, 1.82) is 5.26 Å². The lowest BCUT2D eigenvalue weighted by molar-refractivity contribution is 0.435. The minimum atomic E-state index is 0.503. The third-order valence-electron chi connectivity index (χ3n) is 3.00. The van der Waals surface area contributed by atoms with Gasteiger partial charge in [-0.25, -0.2) is 9.97 Å². The van der Waals surface area contributed by atoms with Gasteiger partial charge < -0.3 is 0 Å². The van der Waals surface area contributed by atoms with Crippen molar-refractivity contribution < 1.29 is 0 Å². The van der Waals surface area contributed by atoms with Crippen LogP contribution in [0.5, 0.6) is 0 Å². The van der Waals surface area contributed by atoms with Gasteiger partial charge in [-0.05, 0) is 25.8 Å². The highest BCUT2D eigenvalue weighted by Gasteiger charge is 2.17. The fraction of sp³-hybridized carbons (Fsp3) is 0.583. The largest absolute Gasteiger partial charge is 0.238 e. The lowest BCUT2D eigenvalue weighted by Gasteiger charge is -2.21. The smallest absolute Gasteiger partial charge is 0.144 e. The number of aromatic nitrogens is 2. The monoisotopic (exact) mass is 201 g/mol. The van der Waals surface area contributed by atoms with Gasteiger partial charge >= 0.3 is 0 Å². The fourth-order valence-electron chi connectivity index (χ4n) is 2.26. The molecule has 1 aromatic rings. The Hall–Kier alpha value is -1.43. The van der Waals surface area contributed by atoms with Crippen LogP contribution in [0.25, 0.3) is 0 Å². The molecular weight excluding hydrogens is 186 g/mol. The highest BCUT2D eigenvalue weighted by molar-refractivity contribution is 5.24. The molecule has 0 bridgehead atoms. The zero-order valence-corrected chi connectivity index (χ0v) is 9.03. The van der Waals surface area contributed by atoms with Crippen LogP contribution in [0.2, 0.25) is 0 Å². The van der Waals surface area contributed by atoms with E-state index in [1.165, 1.54) is 32.1 Å². The van der Waals surface area contributed by atoms with Gasteiger partial charge in [-0.3, -0.25) is 0 Å². The van der Waals surface area contributed by atoms with E-state index in [0.29, 0.717) is 11.6 Å². The summed E-state index contributed by atoms with van der Waals surface area (Å²) in [5.41, 5.74) is 1.57. The van der Waals surface area contributed by atoms with E-state index in [1.54, 1.807) is 0 Å². The summed E-state index contributed by atoms with van der Waals surface area (Å²) in [7, 11) is 0. The van der Waals surface area contributed by atoms with Crippen LogP contribution in [-0.4, -0.2) is 9.97 Å². The summed E-state index contributed by atoms with van der Waals surface area (Å²) in [6, 6.07) is 3.95. The number of hydrogen-bond acceptors (Lipinski definition) is 3. The molecule has 0 saturated heterocycles. The number of aryl methyl sites for hydroxylation is 1. The molecule has 0 N–H and O–H groups in total. The minimum Gasteiger partial charge on any atom is -0.238 e. The van der Waals surface area contributed by atoms with E-state index in [1.807, 2.05) is 13.0 Å². The molecule has 0 unspecified atom stereocenters. The number of hydrogen-bond donors (Lipinski definition) is 0. The molecule has 1 fully saturated rings. The van der Waals surface area contributed by atoms with Gasteiger partial charge in [0.25, 0.3) is 0 Å². The number of nitrogens with zero attached hydrogens (tertiary/aromatic N) is 3. The van der Waals surface area contributed by atoms with E-state index >= 15 is 0 Å². The standard InChI is InChI=1S/C12H15N3/c1-9-14-11(8-13)7-12(15-9)10-5-3-2-4-6-10/h7,10H,2-6H2,1H3. The quantitative estimate of drug-likeness (QED) is 0.702. The van der Waals surface area contributed by atoms with Crippen molar-refractivity contribution in [3.63, 3.8) is 0 Å². The molecule has 1 saturated carbocycles. The molecule has 0 atom stereocenters. The van der Waals surface area contributed by atoms with Gasteiger partial charge in [-0.15, -0.1) is 0 Å². The molecule has 1 aliphatic rings. The van der Waals surface area contributed by atoms with Crippen LogP contribution < -0.4 is 0 Å². The van der Waals surface area contributed by atoms with E-state index in [0.717, 1.165) is 11.5 Å². The second-order valence-corrected chi connectivity index (χ2v) is 4.17. The predicted octanol–water partition coefficient (Wildman–Crippen LogP) is 2.70. The first-order valence-corrected chi connectivity index (χ1v) is 5.55. The number of nitriles is 1. The Bertz CT molecular complexity index is 386. The molecule has 0 amide bonds. The zero-order chi connectivity index (χ0) is 10.7. The maximum atomic E-state index is 8.84. The van der Waals surface area contributed by atoms with E-state index in [4.69, 9.17) is 5.26 Å². The van der Waals surface area contributed by atoms with Gasteiger partial charge in [0.15, 0.2) is 0 Å². The van der Waals surface area contributed by atoms with Crippen LogP contribution in [0.4, 0.5) is 0 Å². The lowest BCUT2D eigenvalue weighted by Crippen LogP contribution is -2.08. The molecule has 0 aromatic carbocycles. The van der Waals surface area contributed by atoms with Crippen LogP contribution in [0.1, 0.15) is 55.2 Å². The van der Waals surface area contributed by atoms with Crippen molar-refractivity contribution in [2.24, 2.45) is 0 Å². The maximum Gasteiger partial charge on any atom is 0.144 e. The molecule has 1 aliphatic carbocycles. The van der Waals surface area contributed by atoms with Gasteiger partial charge in [0.1, 0.15) is 17.6 Å². The first kappa shape index (κ1) is 10.1. The second-order valence-electron chi connectivity index (χ2n) is 4.17. The topological polar surface area (TPSA) is 49.6 Å². The van der Waals surface area contributed by atoms with Crippen LogP contribution in [0.15, 0.2) is 6.07 Å². The van der Waals surface area contributed by atoms with Gasteiger partial charge in [0.05, 0.1) is 0 Å².